The van der Waals surface area contributed by atoms with Gasteiger partial charge in [0.05, 0.1) is 33.4 Å². The monoisotopic (exact) mass is 341 g/mol. The van der Waals surface area contributed by atoms with Crippen molar-refractivity contribution in [3.05, 3.63) is 59.2 Å². The predicted octanol–water partition coefficient (Wildman–Crippen LogP) is 3.35. The lowest BCUT2D eigenvalue weighted by Crippen LogP contribution is -2.21. The van der Waals surface area contributed by atoms with Crippen LogP contribution in [0.15, 0.2) is 42.5 Å². The van der Waals surface area contributed by atoms with Crippen molar-refractivity contribution in [3.8, 4) is 17.2 Å². The summed E-state index contributed by atoms with van der Waals surface area (Å²) in [7, 11) is 4.71. The molecule has 0 unspecified atom stereocenters. The quantitative estimate of drug-likeness (QED) is 0.785. The first-order chi connectivity index (χ1) is 12.1. The minimum atomic E-state index is -0.193. The Balaban J connectivity index is 2.08. The van der Waals surface area contributed by atoms with Crippen molar-refractivity contribution in [3.63, 3.8) is 0 Å². The maximum absolute atomic E-state index is 12.1. The molecule has 0 saturated heterocycles. The van der Waals surface area contributed by atoms with Crippen LogP contribution in [-0.4, -0.2) is 27.2 Å². The van der Waals surface area contributed by atoms with E-state index in [0.717, 1.165) is 16.7 Å². The van der Waals surface area contributed by atoms with E-state index in [0.29, 0.717) is 17.2 Å². The Labute approximate surface area is 148 Å². The highest BCUT2D eigenvalue weighted by atomic mass is 16.5. The van der Waals surface area contributed by atoms with Crippen LogP contribution in [0.5, 0.6) is 17.2 Å². The number of carbonyl (C=O) groups is 1. The van der Waals surface area contributed by atoms with Crippen LogP contribution in [0.2, 0.25) is 0 Å². The third kappa shape index (κ3) is 5.01. The number of rotatable bonds is 7. The Kier molecular flexibility index (Phi) is 6.46. The number of hydrogen-bond donors (Lipinski definition) is 1. The molecule has 0 fully saturated rings. The first-order valence-corrected chi connectivity index (χ1v) is 7.89. The molecule has 0 aliphatic rings. The van der Waals surface area contributed by atoms with Gasteiger partial charge >= 0.3 is 0 Å². The van der Waals surface area contributed by atoms with Crippen LogP contribution in [0.4, 0.5) is 0 Å². The molecule has 0 saturated carbocycles. The van der Waals surface area contributed by atoms with Crippen molar-refractivity contribution in [1.29, 1.82) is 0 Å². The second-order valence-corrected chi connectivity index (χ2v) is 5.48. The van der Waals surface area contributed by atoms with E-state index < -0.39 is 0 Å². The van der Waals surface area contributed by atoms with Crippen molar-refractivity contribution < 1.29 is 19.0 Å². The molecule has 0 heterocycles. The van der Waals surface area contributed by atoms with Crippen LogP contribution >= 0.6 is 0 Å². The van der Waals surface area contributed by atoms with Crippen molar-refractivity contribution in [2.75, 3.05) is 21.3 Å². The highest BCUT2D eigenvalue weighted by molar-refractivity contribution is 5.91. The molecule has 2 aromatic carbocycles. The maximum Gasteiger partial charge on any atom is 0.244 e. The van der Waals surface area contributed by atoms with Gasteiger partial charge in [-0.3, -0.25) is 4.79 Å². The van der Waals surface area contributed by atoms with Crippen LogP contribution in [-0.2, 0) is 11.3 Å². The van der Waals surface area contributed by atoms with Crippen molar-refractivity contribution in [2.24, 2.45) is 0 Å². The van der Waals surface area contributed by atoms with Gasteiger partial charge in [0, 0.05) is 18.2 Å². The largest absolute Gasteiger partial charge is 0.496 e. The standard InChI is InChI=1S/C20H23NO4/c1-14-6-5-7-15(10-14)8-9-20(22)21-13-17-18(24-3)11-16(23-2)12-19(17)25-4/h5-12H,13H2,1-4H3,(H,21,22)/b9-8+. The lowest BCUT2D eigenvalue weighted by molar-refractivity contribution is -0.116. The minimum Gasteiger partial charge on any atom is -0.496 e. The third-order valence-electron chi connectivity index (χ3n) is 3.73. The third-order valence-corrected chi connectivity index (χ3v) is 3.73. The number of ether oxygens (including phenoxy) is 3. The van der Waals surface area contributed by atoms with Gasteiger partial charge in [0.2, 0.25) is 5.91 Å². The SMILES string of the molecule is COc1cc(OC)c(CNC(=O)/C=C/c2cccc(C)c2)c(OC)c1. The van der Waals surface area contributed by atoms with Gasteiger partial charge in [0.15, 0.2) is 0 Å². The van der Waals surface area contributed by atoms with Gasteiger partial charge in [-0.05, 0) is 18.6 Å². The molecule has 5 nitrogen and oxygen atoms in total. The second-order valence-electron chi connectivity index (χ2n) is 5.48. The number of carbonyl (C=O) groups excluding carboxylic acids is 1. The normalized spacial score (nSPS) is 10.6. The molecular weight excluding hydrogens is 318 g/mol. The summed E-state index contributed by atoms with van der Waals surface area (Å²) in [6.07, 6.45) is 3.29. The molecule has 1 amide bonds. The summed E-state index contributed by atoms with van der Waals surface area (Å²) in [6, 6.07) is 11.4. The van der Waals surface area contributed by atoms with Crippen molar-refractivity contribution >= 4 is 12.0 Å². The molecular formula is C20H23NO4. The first kappa shape index (κ1) is 18.4. The molecule has 132 valence electrons. The lowest BCUT2D eigenvalue weighted by atomic mass is 10.1. The van der Waals surface area contributed by atoms with E-state index in [1.165, 1.54) is 6.08 Å². The highest BCUT2D eigenvalue weighted by Crippen LogP contribution is 2.33. The summed E-state index contributed by atoms with van der Waals surface area (Å²) >= 11 is 0. The first-order valence-electron chi connectivity index (χ1n) is 7.89. The summed E-state index contributed by atoms with van der Waals surface area (Å²) < 4.78 is 16.0. The van der Waals surface area contributed by atoms with Crippen LogP contribution < -0.4 is 19.5 Å². The Morgan fingerprint density at radius 3 is 2.28 bits per heavy atom. The molecule has 0 radical (unpaired) electrons. The highest BCUT2D eigenvalue weighted by Gasteiger charge is 2.13. The number of methoxy groups -OCH3 is 3. The van der Waals surface area contributed by atoms with Gasteiger partial charge in [-0.25, -0.2) is 0 Å². The van der Waals surface area contributed by atoms with E-state index in [9.17, 15) is 4.79 Å². The molecule has 0 bridgehead atoms. The van der Waals surface area contributed by atoms with Crippen LogP contribution in [0.25, 0.3) is 6.08 Å². The van der Waals surface area contributed by atoms with Gasteiger partial charge in [0.25, 0.3) is 0 Å². The molecule has 1 N–H and O–H groups in total. The minimum absolute atomic E-state index is 0.193. The van der Waals surface area contributed by atoms with Gasteiger partial charge < -0.3 is 19.5 Å². The smallest absolute Gasteiger partial charge is 0.244 e. The maximum atomic E-state index is 12.1. The average Bonchev–Trinajstić information content (AvgIpc) is 2.63. The summed E-state index contributed by atoms with van der Waals surface area (Å²) in [6.45, 7) is 2.30. The second kappa shape index (κ2) is 8.78. The zero-order valence-electron chi connectivity index (χ0n) is 15.0. The van der Waals surface area contributed by atoms with E-state index in [1.54, 1.807) is 39.5 Å². The van der Waals surface area contributed by atoms with Crippen LogP contribution in [0.3, 0.4) is 0 Å². The van der Waals surface area contributed by atoms with Crippen LogP contribution in [0.1, 0.15) is 16.7 Å². The van der Waals surface area contributed by atoms with Gasteiger partial charge in [-0.1, -0.05) is 29.8 Å². The van der Waals surface area contributed by atoms with E-state index in [-0.39, 0.29) is 12.5 Å². The number of amides is 1. The molecule has 5 heteroatoms. The topological polar surface area (TPSA) is 56.8 Å². The van der Waals surface area contributed by atoms with Crippen molar-refractivity contribution in [1.82, 2.24) is 5.32 Å². The Morgan fingerprint density at radius 1 is 1.04 bits per heavy atom. The van der Waals surface area contributed by atoms with E-state index in [2.05, 4.69) is 5.32 Å². The van der Waals surface area contributed by atoms with Crippen LogP contribution in [0, 0.1) is 6.92 Å². The molecule has 0 spiro atoms. The zero-order valence-corrected chi connectivity index (χ0v) is 15.0. The number of hydrogen-bond acceptors (Lipinski definition) is 4. The fraction of sp³-hybridized carbons (Fsp3) is 0.250. The number of aryl methyl sites for hydroxylation is 1. The summed E-state index contributed by atoms with van der Waals surface area (Å²) in [5, 5.41) is 2.84. The molecule has 2 aromatic rings. The Hall–Kier alpha value is -2.95. The van der Waals surface area contributed by atoms with E-state index in [4.69, 9.17) is 14.2 Å². The zero-order chi connectivity index (χ0) is 18.2. The molecule has 0 aliphatic carbocycles. The van der Waals surface area contributed by atoms with Gasteiger partial charge in [-0.15, -0.1) is 0 Å². The number of nitrogens with one attached hydrogen (secondary N) is 1. The summed E-state index contributed by atoms with van der Waals surface area (Å²) in [5.41, 5.74) is 2.88. The molecule has 0 aromatic heterocycles. The van der Waals surface area contributed by atoms with Gasteiger partial charge in [-0.2, -0.15) is 0 Å². The molecule has 0 aliphatic heterocycles. The Bertz CT molecular complexity index is 743. The fourth-order valence-corrected chi connectivity index (χ4v) is 2.43. The van der Waals surface area contributed by atoms with Gasteiger partial charge in [0.1, 0.15) is 17.2 Å². The summed E-state index contributed by atoms with van der Waals surface area (Å²) in [5.74, 6) is 1.63. The molecule has 0 atom stereocenters. The van der Waals surface area contributed by atoms with E-state index >= 15 is 0 Å². The fourth-order valence-electron chi connectivity index (χ4n) is 2.43. The number of benzene rings is 2. The summed E-state index contributed by atoms with van der Waals surface area (Å²) in [4.78, 5) is 12.1. The predicted molar refractivity (Wildman–Crippen MR) is 98.2 cm³/mol. The molecule has 25 heavy (non-hydrogen) atoms. The lowest BCUT2D eigenvalue weighted by Gasteiger charge is -2.15. The van der Waals surface area contributed by atoms with E-state index in [1.807, 2.05) is 31.2 Å². The average molecular weight is 341 g/mol. The van der Waals surface area contributed by atoms with Crippen molar-refractivity contribution in [2.45, 2.75) is 13.5 Å². The molecule has 2 rings (SSSR count). The Morgan fingerprint density at radius 2 is 1.72 bits per heavy atom.